The predicted octanol–water partition coefficient (Wildman–Crippen LogP) is 4.62. The Morgan fingerprint density at radius 1 is 1.39 bits per heavy atom. The van der Waals surface area contributed by atoms with Gasteiger partial charge in [0, 0.05) is 16.6 Å². The monoisotopic (exact) mass is 340 g/mol. The standard InChI is InChI=1S/C13H13BrN2S2/c1-2-10(14)13-16-15-12(18-13)9-7-17-11-6-4-3-5-8(9)11/h3-6,9-10H,2,7H2,1H3. The Morgan fingerprint density at radius 2 is 2.22 bits per heavy atom. The van der Waals surface area contributed by atoms with Crippen molar-refractivity contribution in [3.63, 3.8) is 0 Å². The summed E-state index contributed by atoms with van der Waals surface area (Å²) in [5, 5.41) is 11.0. The summed E-state index contributed by atoms with van der Waals surface area (Å²) >= 11 is 7.31. The van der Waals surface area contributed by atoms with Crippen molar-refractivity contribution in [3.8, 4) is 0 Å². The van der Waals surface area contributed by atoms with Crippen LogP contribution in [-0.2, 0) is 0 Å². The number of fused-ring (bicyclic) bond motifs is 1. The molecule has 2 nitrogen and oxygen atoms in total. The molecule has 0 radical (unpaired) electrons. The van der Waals surface area contributed by atoms with Gasteiger partial charge in [-0.2, -0.15) is 0 Å². The Kier molecular flexibility index (Phi) is 3.73. The summed E-state index contributed by atoms with van der Waals surface area (Å²) in [6, 6.07) is 8.62. The normalized spacial score (nSPS) is 19.8. The van der Waals surface area contributed by atoms with E-state index in [1.807, 2.05) is 11.8 Å². The van der Waals surface area contributed by atoms with E-state index < -0.39 is 0 Å². The molecule has 2 atom stereocenters. The molecule has 2 heterocycles. The molecule has 5 heteroatoms. The molecule has 1 aromatic carbocycles. The third kappa shape index (κ3) is 2.24. The van der Waals surface area contributed by atoms with Gasteiger partial charge in [0.05, 0.1) is 4.83 Å². The van der Waals surface area contributed by atoms with E-state index in [-0.39, 0.29) is 0 Å². The molecule has 0 amide bonds. The highest BCUT2D eigenvalue weighted by Gasteiger charge is 2.27. The largest absolute Gasteiger partial charge is 0.143 e. The van der Waals surface area contributed by atoms with Gasteiger partial charge in [-0.05, 0) is 18.1 Å². The first kappa shape index (κ1) is 12.6. The first-order valence-electron chi connectivity index (χ1n) is 5.98. The molecule has 18 heavy (non-hydrogen) atoms. The van der Waals surface area contributed by atoms with Crippen molar-refractivity contribution >= 4 is 39.0 Å². The smallest absolute Gasteiger partial charge is 0.131 e. The molecule has 0 bridgehead atoms. The van der Waals surface area contributed by atoms with Gasteiger partial charge in [-0.15, -0.1) is 22.0 Å². The fourth-order valence-corrected chi connectivity index (χ4v) is 4.79. The topological polar surface area (TPSA) is 25.8 Å². The molecule has 1 aromatic heterocycles. The zero-order valence-corrected chi connectivity index (χ0v) is 13.2. The van der Waals surface area contributed by atoms with Crippen LogP contribution in [0.5, 0.6) is 0 Å². The number of hydrogen-bond donors (Lipinski definition) is 0. The van der Waals surface area contributed by atoms with E-state index in [1.165, 1.54) is 10.5 Å². The van der Waals surface area contributed by atoms with Crippen LogP contribution < -0.4 is 0 Å². The van der Waals surface area contributed by atoms with Gasteiger partial charge in [-0.3, -0.25) is 0 Å². The average Bonchev–Trinajstić information content (AvgIpc) is 3.03. The van der Waals surface area contributed by atoms with Crippen LogP contribution in [0.4, 0.5) is 0 Å². The van der Waals surface area contributed by atoms with E-state index >= 15 is 0 Å². The maximum Gasteiger partial charge on any atom is 0.131 e. The van der Waals surface area contributed by atoms with Crippen LogP contribution in [0.25, 0.3) is 0 Å². The van der Waals surface area contributed by atoms with Crippen molar-refractivity contribution in [1.82, 2.24) is 10.2 Å². The third-order valence-electron chi connectivity index (χ3n) is 3.08. The van der Waals surface area contributed by atoms with E-state index in [4.69, 9.17) is 0 Å². The van der Waals surface area contributed by atoms with Crippen LogP contribution in [0.1, 0.15) is 39.7 Å². The Morgan fingerprint density at radius 3 is 3.06 bits per heavy atom. The Balaban J connectivity index is 1.91. The highest BCUT2D eigenvalue weighted by atomic mass is 79.9. The molecule has 0 spiro atoms. The zero-order chi connectivity index (χ0) is 12.5. The molecule has 0 fully saturated rings. The number of thioether (sulfide) groups is 1. The Bertz CT molecular complexity index is 555. The van der Waals surface area contributed by atoms with E-state index in [0.717, 1.165) is 22.2 Å². The number of benzene rings is 1. The molecule has 0 aliphatic carbocycles. The number of halogens is 1. The van der Waals surface area contributed by atoms with Crippen LogP contribution in [0.2, 0.25) is 0 Å². The average molecular weight is 341 g/mol. The van der Waals surface area contributed by atoms with Crippen molar-refractivity contribution < 1.29 is 0 Å². The molecular formula is C13H13BrN2S2. The molecule has 0 N–H and O–H groups in total. The van der Waals surface area contributed by atoms with Gasteiger partial charge in [0.1, 0.15) is 10.0 Å². The quantitative estimate of drug-likeness (QED) is 0.762. The molecular weight excluding hydrogens is 328 g/mol. The second-order valence-electron chi connectivity index (χ2n) is 4.26. The summed E-state index contributed by atoms with van der Waals surface area (Å²) in [4.78, 5) is 1.73. The molecule has 2 unspecified atom stereocenters. The van der Waals surface area contributed by atoms with Gasteiger partial charge >= 0.3 is 0 Å². The van der Waals surface area contributed by atoms with Gasteiger partial charge in [-0.1, -0.05) is 52.4 Å². The van der Waals surface area contributed by atoms with Gasteiger partial charge in [0.25, 0.3) is 0 Å². The summed E-state index contributed by atoms with van der Waals surface area (Å²) in [5.74, 6) is 1.52. The van der Waals surface area contributed by atoms with Crippen molar-refractivity contribution in [2.75, 3.05) is 5.75 Å². The lowest BCUT2D eigenvalue weighted by atomic mass is 10.0. The lowest BCUT2D eigenvalue weighted by Gasteiger charge is -2.05. The highest BCUT2D eigenvalue weighted by Crippen LogP contribution is 2.44. The van der Waals surface area contributed by atoms with E-state index in [0.29, 0.717) is 10.7 Å². The first-order valence-corrected chi connectivity index (χ1v) is 8.70. The number of rotatable bonds is 3. The van der Waals surface area contributed by atoms with Crippen molar-refractivity contribution in [2.24, 2.45) is 0 Å². The van der Waals surface area contributed by atoms with E-state index in [9.17, 15) is 0 Å². The number of nitrogens with zero attached hydrogens (tertiary/aromatic N) is 2. The summed E-state index contributed by atoms with van der Waals surface area (Å²) in [6.45, 7) is 2.15. The molecule has 1 aliphatic rings. The summed E-state index contributed by atoms with van der Waals surface area (Å²) in [5.41, 5.74) is 1.41. The fourth-order valence-electron chi connectivity index (χ4n) is 2.06. The van der Waals surface area contributed by atoms with Crippen molar-refractivity contribution in [1.29, 1.82) is 0 Å². The SMILES string of the molecule is CCC(Br)c1nnc(C2CSc3ccccc32)s1. The first-order chi connectivity index (χ1) is 8.79. The highest BCUT2D eigenvalue weighted by molar-refractivity contribution is 9.09. The molecule has 2 aromatic rings. The molecule has 0 saturated heterocycles. The van der Waals surface area contributed by atoms with Crippen LogP contribution in [-0.4, -0.2) is 16.0 Å². The van der Waals surface area contributed by atoms with Crippen molar-refractivity contribution in [2.45, 2.75) is 29.0 Å². The molecule has 94 valence electrons. The van der Waals surface area contributed by atoms with E-state index in [2.05, 4.69) is 57.3 Å². The van der Waals surface area contributed by atoms with Crippen molar-refractivity contribution in [3.05, 3.63) is 39.8 Å². The molecule has 0 saturated carbocycles. The van der Waals surface area contributed by atoms with Gasteiger partial charge in [0.2, 0.25) is 0 Å². The summed E-state index contributed by atoms with van der Waals surface area (Å²) in [6.07, 6.45) is 1.05. The van der Waals surface area contributed by atoms with Crippen LogP contribution in [0.15, 0.2) is 29.2 Å². The van der Waals surface area contributed by atoms with Gasteiger partial charge in [-0.25, -0.2) is 0 Å². The van der Waals surface area contributed by atoms with Crippen LogP contribution in [0, 0.1) is 0 Å². The maximum absolute atomic E-state index is 4.39. The summed E-state index contributed by atoms with van der Waals surface area (Å²) in [7, 11) is 0. The number of hydrogen-bond acceptors (Lipinski definition) is 4. The van der Waals surface area contributed by atoms with Gasteiger partial charge in [0.15, 0.2) is 0 Å². The summed E-state index contributed by atoms with van der Waals surface area (Å²) < 4.78 is 0. The molecule has 3 rings (SSSR count). The van der Waals surface area contributed by atoms with Crippen LogP contribution in [0.3, 0.4) is 0 Å². The Labute approximate surface area is 123 Å². The lowest BCUT2D eigenvalue weighted by Crippen LogP contribution is -1.98. The molecule has 1 aliphatic heterocycles. The number of aromatic nitrogens is 2. The maximum atomic E-state index is 4.39. The minimum Gasteiger partial charge on any atom is -0.143 e. The predicted molar refractivity (Wildman–Crippen MR) is 80.9 cm³/mol. The van der Waals surface area contributed by atoms with E-state index in [1.54, 1.807) is 11.3 Å². The minimum atomic E-state index is 0.341. The second-order valence-corrected chi connectivity index (χ2v) is 7.46. The lowest BCUT2D eigenvalue weighted by molar-refractivity contribution is 0.838. The van der Waals surface area contributed by atoms with Crippen LogP contribution >= 0.6 is 39.0 Å². The second kappa shape index (κ2) is 5.31. The Hall–Kier alpha value is -0.390. The minimum absolute atomic E-state index is 0.341. The third-order valence-corrected chi connectivity index (χ3v) is 6.80. The zero-order valence-electron chi connectivity index (χ0n) is 9.97. The number of alkyl halides is 1. The fraction of sp³-hybridized carbons (Fsp3) is 0.385. The van der Waals surface area contributed by atoms with Gasteiger partial charge < -0.3 is 0 Å².